The average Bonchev–Trinajstić information content (AvgIpc) is 2.87. The lowest BCUT2D eigenvalue weighted by atomic mass is 10.2. The molecule has 2 aromatic carbocycles. The summed E-state index contributed by atoms with van der Waals surface area (Å²) in [4.78, 5) is 26.7. The lowest BCUT2D eigenvalue weighted by Gasteiger charge is -2.12. The molecule has 27 heavy (non-hydrogen) atoms. The minimum Gasteiger partial charge on any atom is -0.492 e. The number of carbonyl (C=O) groups excluding carboxylic acids is 2. The molecule has 0 aliphatic carbocycles. The number of amides is 2. The summed E-state index contributed by atoms with van der Waals surface area (Å²) in [5.41, 5.74) is 1.72. The molecule has 0 N–H and O–H groups in total. The third-order valence-corrected chi connectivity index (χ3v) is 6.50. The number of hydrogen-bond donors (Lipinski definition) is 0. The van der Waals surface area contributed by atoms with Gasteiger partial charge in [0.15, 0.2) is 0 Å². The number of ether oxygens (including phenoxy) is 1. The van der Waals surface area contributed by atoms with Crippen molar-refractivity contribution in [1.82, 2.24) is 4.90 Å². The van der Waals surface area contributed by atoms with E-state index in [0.717, 1.165) is 35.8 Å². The summed E-state index contributed by atoms with van der Waals surface area (Å²) in [5, 5.41) is 0.351. The second kappa shape index (κ2) is 9.15. The minimum atomic E-state index is -0.279. The molecule has 3 rings (SSSR count). The average molecular weight is 626 g/mol. The van der Waals surface area contributed by atoms with Crippen molar-refractivity contribution in [2.45, 2.75) is 13.5 Å². The Balaban J connectivity index is 1.82. The highest BCUT2D eigenvalue weighted by molar-refractivity contribution is 14.1. The zero-order valence-corrected chi connectivity index (χ0v) is 20.1. The van der Waals surface area contributed by atoms with Crippen molar-refractivity contribution in [2.75, 3.05) is 6.61 Å². The Labute approximate surface area is 193 Å². The fraction of sp³-hybridized carbons (Fsp3) is 0.158. The molecule has 1 fully saturated rings. The smallest absolute Gasteiger partial charge is 0.293 e. The van der Waals surface area contributed by atoms with Gasteiger partial charge in [0.25, 0.3) is 11.1 Å². The Morgan fingerprint density at radius 1 is 1.15 bits per heavy atom. The Morgan fingerprint density at radius 2 is 1.78 bits per heavy atom. The maximum absolute atomic E-state index is 12.7. The largest absolute Gasteiger partial charge is 0.492 e. The number of carbonyl (C=O) groups is 2. The van der Waals surface area contributed by atoms with Crippen molar-refractivity contribution in [3.05, 3.63) is 64.6 Å². The predicted molar refractivity (Wildman–Crippen MR) is 126 cm³/mol. The fourth-order valence-corrected chi connectivity index (χ4v) is 5.60. The number of nitrogens with zero attached hydrogens (tertiary/aromatic N) is 1. The molecule has 0 spiro atoms. The summed E-state index contributed by atoms with van der Waals surface area (Å²) < 4.78 is 7.57. The molecule has 1 heterocycles. The van der Waals surface area contributed by atoms with Gasteiger partial charge in [0.2, 0.25) is 0 Å². The number of imide groups is 1. The molecule has 1 aliphatic heterocycles. The van der Waals surface area contributed by atoms with Crippen LogP contribution in [0.1, 0.15) is 18.1 Å². The zero-order chi connectivity index (χ0) is 19.6. The summed E-state index contributed by atoms with van der Waals surface area (Å²) >= 11 is 11.3. The first-order valence-electron chi connectivity index (χ1n) is 8.00. The van der Waals surface area contributed by atoms with Crippen molar-refractivity contribution >= 4 is 85.8 Å². The van der Waals surface area contributed by atoms with E-state index in [1.54, 1.807) is 18.2 Å². The second-order valence-corrected chi connectivity index (χ2v) is 9.40. The molecular formula is C19H14ClI2NO3S. The van der Waals surface area contributed by atoms with Crippen LogP contribution in [-0.4, -0.2) is 22.7 Å². The molecule has 1 saturated heterocycles. The van der Waals surface area contributed by atoms with Gasteiger partial charge in [-0.3, -0.25) is 14.5 Å². The first kappa shape index (κ1) is 20.9. The molecule has 0 atom stereocenters. The van der Waals surface area contributed by atoms with Crippen LogP contribution in [0.2, 0.25) is 5.02 Å². The Morgan fingerprint density at radius 3 is 2.37 bits per heavy atom. The van der Waals surface area contributed by atoms with Crippen molar-refractivity contribution in [1.29, 1.82) is 0 Å². The molecule has 8 heteroatoms. The molecule has 0 saturated carbocycles. The first-order chi connectivity index (χ1) is 12.9. The van der Waals surface area contributed by atoms with Crippen LogP contribution in [0.3, 0.4) is 0 Å². The van der Waals surface area contributed by atoms with E-state index < -0.39 is 0 Å². The highest BCUT2D eigenvalue weighted by Gasteiger charge is 2.35. The molecule has 0 bridgehead atoms. The molecule has 1 aliphatic rings. The standard InChI is InChI=1S/C19H14ClI2NO3S/c1-2-26-17-14(21)7-12(8-15(17)22)9-16-18(24)23(19(25)27-16)10-11-3-5-13(20)6-4-11/h3-9H,2,10H2,1H3/b16-9-. The van der Waals surface area contributed by atoms with Gasteiger partial charge in [-0.1, -0.05) is 23.7 Å². The fourth-order valence-electron chi connectivity index (χ4n) is 2.51. The predicted octanol–water partition coefficient (Wildman–Crippen LogP) is 6.18. The summed E-state index contributed by atoms with van der Waals surface area (Å²) in [6, 6.07) is 11.0. The maximum atomic E-state index is 12.7. The Bertz CT molecular complexity index is 908. The van der Waals surface area contributed by atoms with E-state index in [1.807, 2.05) is 31.2 Å². The van der Waals surface area contributed by atoms with Gasteiger partial charge in [-0.15, -0.1) is 0 Å². The number of hydrogen-bond acceptors (Lipinski definition) is 4. The number of halogens is 3. The normalized spacial score (nSPS) is 15.7. The molecule has 0 unspecified atom stereocenters. The zero-order valence-electron chi connectivity index (χ0n) is 14.2. The van der Waals surface area contributed by atoms with Gasteiger partial charge in [0.1, 0.15) is 5.75 Å². The summed E-state index contributed by atoms with van der Waals surface area (Å²) in [5.74, 6) is 0.561. The molecule has 2 aromatic rings. The third kappa shape index (κ3) is 4.99. The van der Waals surface area contributed by atoms with E-state index in [2.05, 4.69) is 45.2 Å². The van der Waals surface area contributed by atoms with Crippen LogP contribution in [0, 0.1) is 7.14 Å². The van der Waals surface area contributed by atoms with Crippen LogP contribution >= 0.6 is 68.5 Å². The van der Waals surface area contributed by atoms with E-state index in [0.29, 0.717) is 16.5 Å². The van der Waals surface area contributed by atoms with E-state index in [1.165, 1.54) is 4.90 Å². The van der Waals surface area contributed by atoms with Gasteiger partial charge < -0.3 is 4.74 Å². The van der Waals surface area contributed by atoms with Gasteiger partial charge in [-0.25, -0.2) is 0 Å². The lowest BCUT2D eigenvalue weighted by molar-refractivity contribution is -0.123. The van der Waals surface area contributed by atoms with E-state index in [4.69, 9.17) is 16.3 Å². The van der Waals surface area contributed by atoms with Crippen LogP contribution in [-0.2, 0) is 11.3 Å². The third-order valence-electron chi connectivity index (χ3n) is 3.73. The highest BCUT2D eigenvalue weighted by atomic mass is 127. The van der Waals surface area contributed by atoms with E-state index in [9.17, 15) is 9.59 Å². The van der Waals surface area contributed by atoms with Crippen molar-refractivity contribution in [3.63, 3.8) is 0 Å². The van der Waals surface area contributed by atoms with Crippen LogP contribution in [0.5, 0.6) is 5.75 Å². The molecule has 2 amide bonds. The Hall–Kier alpha value is -0.780. The topological polar surface area (TPSA) is 46.6 Å². The Kier molecular flexibility index (Phi) is 7.09. The summed E-state index contributed by atoms with van der Waals surface area (Å²) in [7, 11) is 0. The first-order valence-corrected chi connectivity index (χ1v) is 11.4. The van der Waals surface area contributed by atoms with Crippen LogP contribution < -0.4 is 4.74 Å². The quantitative estimate of drug-likeness (QED) is 0.294. The van der Waals surface area contributed by atoms with Gasteiger partial charge in [0, 0.05) is 5.02 Å². The van der Waals surface area contributed by atoms with Crippen molar-refractivity contribution in [3.8, 4) is 5.75 Å². The van der Waals surface area contributed by atoms with Crippen LogP contribution in [0.4, 0.5) is 4.79 Å². The van der Waals surface area contributed by atoms with E-state index >= 15 is 0 Å². The molecule has 4 nitrogen and oxygen atoms in total. The molecular weight excluding hydrogens is 612 g/mol. The van der Waals surface area contributed by atoms with Gasteiger partial charge in [-0.2, -0.15) is 0 Å². The maximum Gasteiger partial charge on any atom is 0.293 e. The highest BCUT2D eigenvalue weighted by Crippen LogP contribution is 2.35. The summed E-state index contributed by atoms with van der Waals surface area (Å²) in [6.45, 7) is 2.77. The van der Waals surface area contributed by atoms with Crippen LogP contribution in [0.15, 0.2) is 41.3 Å². The van der Waals surface area contributed by atoms with Crippen molar-refractivity contribution < 1.29 is 14.3 Å². The minimum absolute atomic E-state index is 0.234. The molecule has 0 aromatic heterocycles. The van der Waals surface area contributed by atoms with Crippen LogP contribution in [0.25, 0.3) is 6.08 Å². The van der Waals surface area contributed by atoms with Gasteiger partial charge >= 0.3 is 0 Å². The van der Waals surface area contributed by atoms with Gasteiger partial charge in [-0.05, 0) is 105 Å². The number of benzene rings is 2. The SMILES string of the molecule is CCOc1c(I)cc(/C=C2\SC(=O)N(Cc3ccc(Cl)cc3)C2=O)cc1I. The number of rotatable bonds is 5. The van der Waals surface area contributed by atoms with Gasteiger partial charge in [0.05, 0.1) is 25.2 Å². The van der Waals surface area contributed by atoms with Crippen molar-refractivity contribution in [2.24, 2.45) is 0 Å². The molecule has 0 radical (unpaired) electrons. The number of thioether (sulfide) groups is 1. The summed E-state index contributed by atoms with van der Waals surface area (Å²) in [6.07, 6.45) is 1.76. The lowest BCUT2D eigenvalue weighted by Crippen LogP contribution is -2.27. The second-order valence-electron chi connectivity index (χ2n) is 5.64. The molecule has 140 valence electrons. The van der Waals surface area contributed by atoms with E-state index in [-0.39, 0.29) is 17.7 Å². The monoisotopic (exact) mass is 625 g/mol.